The fraction of sp³-hybridized carbons (Fsp3) is 0.0952. The summed E-state index contributed by atoms with van der Waals surface area (Å²) >= 11 is 0. The number of anilines is 1. The minimum atomic E-state index is -0.183. The smallest absolute Gasteiger partial charge is 0.251 e. The Labute approximate surface area is 152 Å². The molecule has 0 unspecified atom stereocenters. The van der Waals surface area contributed by atoms with Gasteiger partial charge < -0.3 is 10.6 Å². The monoisotopic (exact) mass is 345 g/mol. The van der Waals surface area contributed by atoms with Gasteiger partial charge in [0.15, 0.2) is 0 Å². The molecule has 0 spiro atoms. The average Bonchev–Trinajstić information content (AvgIpc) is 2.68. The average molecular weight is 345 g/mol. The molecule has 0 saturated heterocycles. The van der Waals surface area contributed by atoms with Crippen molar-refractivity contribution in [2.24, 2.45) is 0 Å². The molecule has 0 saturated carbocycles. The second-order valence-electron chi connectivity index (χ2n) is 5.79. The first-order valence-electron chi connectivity index (χ1n) is 8.32. The maximum absolute atomic E-state index is 12.2. The second kappa shape index (κ2) is 8.58. The summed E-state index contributed by atoms with van der Waals surface area (Å²) in [6, 6.07) is 21.9. The van der Waals surface area contributed by atoms with Gasteiger partial charge in [0.1, 0.15) is 0 Å². The van der Waals surface area contributed by atoms with Gasteiger partial charge in [-0.2, -0.15) is 0 Å². The molecule has 5 nitrogen and oxygen atoms in total. The van der Waals surface area contributed by atoms with E-state index >= 15 is 0 Å². The van der Waals surface area contributed by atoms with Crippen molar-refractivity contribution in [2.75, 3.05) is 5.32 Å². The number of carbonyl (C=O) groups excluding carboxylic acids is 2. The summed E-state index contributed by atoms with van der Waals surface area (Å²) in [6.07, 6.45) is 2.00. The highest BCUT2D eigenvalue weighted by Gasteiger charge is 2.07. The highest BCUT2D eigenvalue weighted by atomic mass is 16.2. The van der Waals surface area contributed by atoms with Crippen molar-refractivity contribution in [3.05, 3.63) is 95.8 Å². The molecule has 5 heteroatoms. The van der Waals surface area contributed by atoms with E-state index in [-0.39, 0.29) is 11.8 Å². The Morgan fingerprint density at radius 3 is 2.27 bits per heavy atom. The van der Waals surface area contributed by atoms with Gasteiger partial charge in [-0.05, 0) is 42.0 Å². The van der Waals surface area contributed by atoms with Crippen LogP contribution < -0.4 is 10.6 Å². The van der Waals surface area contributed by atoms with E-state index in [4.69, 9.17) is 0 Å². The van der Waals surface area contributed by atoms with E-state index in [1.165, 1.54) is 0 Å². The van der Waals surface area contributed by atoms with Gasteiger partial charge in [-0.3, -0.25) is 14.6 Å². The third-order valence-electron chi connectivity index (χ3n) is 3.79. The number of carbonyl (C=O) groups is 2. The summed E-state index contributed by atoms with van der Waals surface area (Å²) in [5, 5.41) is 5.65. The lowest BCUT2D eigenvalue weighted by molar-refractivity contribution is -0.115. The standard InChI is InChI=1S/C21H19N3O2/c25-20(14-16-6-2-1-3-7-16)24-18-11-9-17(10-12-18)21(26)23-15-19-8-4-5-13-22-19/h1-13H,14-15H2,(H,23,26)(H,24,25). The van der Waals surface area contributed by atoms with Crippen molar-refractivity contribution in [1.82, 2.24) is 10.3 Å². The van der Waals surface area contributed by atoms with E-state index in [2.05, 4.69) is 15.6 Å². The van der Waals surface area contributed by atoms with Crippen LogP contribution in [0.15, 0.2) is 79.0 Å². The van der Waals surface area contributed by atoms with Crippen LogP contribution in [0, 0.1) is 0 Å². The number of benzene rings is 2. The minimum absolute atomic E-state index is 0.0939. The third kappa shape index (κ3) is 5.01. The topological polar surface area (TPSA) is 71.1 Å². The van der Waals surface area contributed by atoms with Gasteiger partial charge in [-0.15, -0.1) is 0 Å². The zero-order chi connectivity index (χ0) is 18.2. The zero-order valence-corrected chi connectivity index (χ0v) is 14.2. The molecule has 0 aliphatic heterocycles. The third-order valence-corrected chi connectivity index (χ3v) is 3.79. The Morgan fingerprint density at radius 1 is 0.846 bits per heavy atom. The molecule has 0 radical (unpaired) electrons. The molecular weight excluding hydrogens is 326 g/mol. The molecule has 0 bridgehead atoms. The first kappa shape index (κ1) is 17.4. The molecule has 3 rings (SSSR count). The maximum atomic E-state index is 12.2. The van der Waals surface area contributed by atoms with Crippen LogP contribution in [-0.4, -0.2) is 16.8 Å². The number of nitrogens with zero attached hydrogens (tertiary/aromatic N) is 1. The first-order chi connectivity index (χ1) is 12.7. The molecule has 0 atom stereocenters. The fourth-order valence-corrected chi connectivity index (χ4v) is 2.47. The van der Waals surface area contributed by atoms with Crippen LogP contribution in [0.1, 0.15) is 21.6 Å². The zero-order valence-electron chi connectivity index (χ0n) is 14.2. The Kier molecular flexibility index (Phi) is 5.72. The lowest BCUT2D eigenvalue weighted by Gasteiger charge is -2.08. The van der Waals surface area contributed by atoms with Crippen LogP contribution in [0.5, 0.6) is 0 Å². The van der Waals surface area contributed by atoms with E-state index in [1.807, 2.05) is 48.5 Å². The SMILES string of the molecule is O=C(Cc1ccccc1)Nc1ccc(C(=O)NCc2ccccn2)cc1. The Morgan fingerprint density at radius 2 is 1.58 bits per heavy atom. The predicted octanol–water partition coefficient (Wildman–Crippen LogP) is 3.19. The molecule has 3 aromatic rings. The predicted molar refractivity (Wildman–Crippen MR) is 101 cm³/mol. The lowest BCUT2D eigenvalue weighted by atomic mass is 10.1. The highest BCUT2D eigenvalue weighted by molar-refractivity contribution is 5.96. The van der Waals surface area contributed by atoms with Gasteiger partial charge >= 0.3 is 0 Å². The maximum Gasteiger partial charge on any atom is 0.251 e. The highest BCUT2D eigenvalue weighted by Crippen LogP contribution is 2.11. The first-order valence-corrected chi connectivity index (χ1v) is 8.32. The van der Waals surface area contributed by atoms with E-state index in [0.29, 0.717) is 24.2 Å². The van der Waals surface area contributed by atoms with Crippen molar-refractivity contribution in [3.63, 3.8) is 0 Å². The van der Waals surface area contributed by atoms with Crippen LogP contribution >= 0.6 is 0 Å². The van der Waals surface area contributed by atoms with E-state index in [0.717, 1.165) is 11.3 Å². The van der Waals surface area contributed by atoms with Crippen molar-refractivity contribution in [2.45, 2.75) is 13.0 Å². The molecule has 26 heavy (non-hydrogen) atoms. The number of pyridine rings is 1. The van der Waals surface area contributed by atoms with Gasteiger partial charge in [0.2, 0.25) is 5.91 Å². The van der Waals surface area contributed by atoms with Crippen molar-refractivity contribution >= 4 is 17.5 Å². The van der Waals surface area contributed by atoms with Gasteiger partial charge in [-0.25, -0.2) is 0 Å². The van der Waals surface area contributed by atoms with Gasteiger partial charge in [0, 0.05) is 17.4 Å². The van der Waals surface area contributed by atoms with Gasteiger partial charge in [0.05, 0.1) is 18.7 Å². The van der Waals surface area contributed by atoms with Gasteiger partial charge in [-0.1, -0.05) is 36.4 Å². The Bertz CT molecular complexity index is 863. The van der Waals surface area contributed by atoms with Crippen LogP contribution in [0.25, 0.3) is 0 Å². The lowest BCUT2D eigenvalue weighted by Crippen LogP contribution is -2.23. The van der Waals surface area contributed by atoms with E-state index in [1.54, 1.807) is 30.5 Å². The van der Waals surface area contributed by atoms with Crippen LogP contribution in [0.4, 0.5) is 5.69 Å². The van der Waals surface area contributed by atoms with Crippen molar-refractivity contribution in [3.8, 4) is 0 Å². The molecule has 0 aliphatic rings. The number of amides is 2. The van der Waals surface area contributed by atoms with E-state index in [9.17, 15) is 9.59 Å². The quantitative estimate of drug-likeness (QED) is 0.721. The van der Waals surface area contributed by atoms with Crippen molar-refractivity contribution < 1.29 is 9.59 Å². The van der Waals surface area contributed by atoms with Crippen LogP contribution in [-0.2, 0) is 17.8 Å². The molecule has 2 amide bonds. The van der Waals surface area contributed by atoms with Crippen LogP contribution in [0.2, 0.25) is 0 Å². The Hall–Kier alpha value is -3.47. The molecule has 0 fully saturated rings. The fourth-order valence-electron chi connectivity index (χ4n) is 2.47. The number of nitrogens with one attached hydrogen (secondary N) is 2. The summed E-state index contributed by atoms with van der Waals surface area (Å²) < 4.78 is 0. The number of hydrogen-bond acceptors (Lipinski definition) is 3. The molecule has 1 heterocycles. The van der Waals surface area contributed by atoms with Crippen LogP contribution in [0.3, 0.4) is 0 Å². The number of hydrogen-bond donors (Lipinski definition) is 2. The molecule has 2 N–H and O–H groups in total. The molecule has 0 aliphatic carbocycles. The summed E-state index contributed by atoms with van der Waals surface area (Å²) in [7, 11) is 0. The minimum Gasteiger partial charge on any atom is -0.346 e. The summed E-state index contributed by atoms with van der Waals surface area (Å²) in [5.74, 6) is -0.277. The summed E-state index contributed by atoms with van der Waals surface area (Å²) in [5.41, 5.74) is 2.94. The molecule has 1 aromatic heterocycles. The molecular formula is C21H19N3O2. The Balaban J connectivity index is 1.52. The normalized spacial score (nSPS) is 10.2. The van der Waals surface area contributed by atoms with E-state index < -0.39 is 0 Å². The summed E-state index contributed by atoms with van der Waals surface area (Å²) in [6.45, 7) is 0.370. The van der Waals surface area contributed by atoms with Crippen molar-refractivity contribution in [1.29, 1.82) is 0 Å². The largest absolute Gasteiger partial charge is 0.346 e. The number of aromatic nitrogens is 1. The summed E-state index contributed by atoms with van der Waals surface area (Å²) in [4.78, 5) is 28.4. The second-order valence-corrected chi connectivity index (χ2v) is 5.79. The molecule has 130 valence electrons. The van der Waals surface area contributed by atoms with Gasteiger partial charge in [0.25, 0.3) is 5.91 Å². The number of rotatable bonds is 6. The molecule has 2 aromatic carbocycles.